The molecule has 34 heavy (non-hydrogen) atoms. The molecule has 11 heteroatoms. The van der Waals surface area contributed by atoms with Crippen LogP contribution < -0.4 is 10.1 Å². The van der Waals surface area contributed by atoms with Crippen LogP contribution in [0.5, 0.6) is 11.5 Å². The van der Waals surface area contributed by atoms with E-state index < -0.39 is 10.8 Å². The number of aromatic amines is 1. The van der Waals surface area contributed by atoms with E-state index in [4.69, 9.17) is 39.5 Å². The van der Waals surface area contributed by atoms with Crippen LogP contribution in [0.4, 0.5) is 11.4 Å². The molecular weight excluding hydrogens is 503 g/mol. The Morgan fingerprint density at radius 1 is 1.03 bits per heavy atom. The third kappa shape index (κ3) is 5.31. The van der Waals surface area contributed by atoms with Gasteiger partial charge in [-0.2, -0.15) is 5.10 Å². The van der Waals surface area contributed by atoms with Gasteiger partial charge in [-0.15, -0.1) is 0 Å². The molecule has 2 N–H and O–H groups in total. The van der Waals surface area contributed by atoms with Crippen LogP contribution in [0.15, 0.2) is 60.7 Å². The molecule has 0 unspecified atom stereocenters. The maximum Gasteiger partial charge on any atom is 0.275 e. The third-order valence-electron chi connectivity index (χ3n) is 4.75. The van der Waals surface area contributed by atoms with E-state index in [1.54, 1.807) is 43.3 Å². The number of amides is 1. The number of aryl methyl sites for hydroxylation is 1. The highest BCUT2D eigenvalue weighted by atomic mass is 35.5. The summed E-state index contributed by atoms with van der Waals surface area (Å²) in [6, 6.07) is 15.4. The molecule has 1 heterocycles. The fourth-order valence-electron chi connectivity index (χ4n) is 3.15. The molecule has 0 radical (unpaired) electrons. The Bertz CT molecular complexity index is 1420. The predicted octanol–water partition coefficient (Wildman–Crippen LogP) is 7.30. The van der Waals surface area contributed by atoms with Crippen molar-refractivity contribution in [1.82, 2.24) is 10.2 Å². The molecule has 4 aromatic rings. The van der Waals surface area contributed by atoms with Crippen molar-refractivity contribution in [3.63, 3.8) is 0 Å². The first-order valence-electron chi connectivity index (χ1n) is 9.75. The summed E-state index contributed by atoms with van der Waals surface area (Å²) in [6.45, 7) is 1.80. The topological polar surface area (TPSA) is 110 Å². The fraction of sp³-hybridized carbons (Fsp3) is 0.0435. The lowest BCUT2D eigenvalue weighted by Gasteiger charge is -2.11. The standard InChI is InChI=1S/C23H15Cl3N4O4/c1-12-6-13(24)3-5-22(12)34-17-9-15(8-16(10-17)30(32)33)27-23(31)21-11-20(28-29-21)18-4-2-14(25)7-19(18)26/h2-11H,1H3,(H,27,31)(H,28,29). The van der Waals surface area contributed by atoms with Crippen LogP contribution in [-0.2, 0) is 0 Å². The number of halogens is 3. The van der Waals surface area contributed by atoms with Crippen molar-refractivity contribution < 1.29 is 14.5 Å². The molecule has 4 rings (SSSR count). The van der Waals surface area contributed by atoms with Gasteiger partial charge in [-0.05, 0) is 55.0 Å². The number of hydrogen-bond acceptors (Lipinski definition) is 5. The van der Waals surface area contributed by atoms with E-state index in [2.05, 4.69) is 15.5 Å². The number of nitrogens with one attached hydrogen (secondary N) is 2. The molecule has 0 saturated carbocycles. The number of carbonyl (C=O) groups is 1. The molecule has 0 spiro atoms. The highest BCUT2D eigenvalue weighted by Gasteiger charge is 2.17. The van der Waals surface area contributed by atoms with Crippen LogP contribution in [0.1, 0.15) is 16.1 Å². The summed E-state index contributed by atoms with van der Waals surface area (Å²) in [5.41, 5.74) is 1.82. The average Bonchev–Trinajstić information content (AvgIpc) is 3.25. The fourth-order valence-corrected chi connectivity index (χ4v) is 3.88. The Morgan fingerprint density at radius 3 is 2.47 bits per heavy atom. The van der Waals surface area contributed by atoms with Gasteiger partial charge in [0.05, 0.1) is 27.4 Å². The SMILES string of the molecule is Cc1cc(Cl)ccc1Oc1cc(NC(=O)c2cc(-c3ccc(Cl)cc3Cl)n[nH]2)cc([N+](=O)[O-])c1. The van der Waals surface area contributed by atoms with Crippen molar-refractivity contribution >= 4 is 52.1 Å². The zero-order valence-corrected chi connectivity index (χ0v) is 19.7. The number of ether oxygens (including phenoxy) is 1. The molecule has 3 aromatic carbocycles. The highest BCUT2D eigenvalue weighted by Crippen LogP contribution is 2.33. The van der Waals surface area contributed by atoms with Crippen LogP contribution in [0.25, 0.3) is 11.3 Å². The normalized spacial score (nSPS) is 10.7. The first kappa shape index (κ1) is 23.6. The van der Waals surface area contributed by atoms with E-state index in [9.17, 15) is 14.9 Å². The third-order valence-corrected chi connectivity index (χ3v) is 5.54. The summed E-state index contributed by atoms with van der Waals surface area (Å²) < 4.78 is 5.81. The molecule has 0 atom stereocenters. The number of aromatic nitrogens is 2. The Morgan fingerprint density at radius 2 is 1.76 bits per heavy atom. The van der Waals surface area contributed by atoms with Crippen molar-refractivity contribution in [2.75, 3.05) is 5.32 Å². The second-order valence-electron chi connectivity index (χ2n) is 7.23. The van der Waals surface area contributed by atoms with Gasteiger partial charge in [-0.1, -0.05) is 34.8 Å². The van der Waals surface area contributed by atoms with Crippen LogP contribution in [-0.4, -0.2) is 21.0 Å². The van der Waals surface area contributed by atoms with E-state index in [1.165, 1.54) is 24.3 Å². The van der Waals surface area contributed by atoms with Gasteiger partial charge in [-0.3, -0.25) is 20.0 Å². The number of rotatable bonds is 6. The second kappa shape index (κ2) is 9.72. The van der Waals surface area contributed by atoms with Crippen molar-refractivity contribution in [3.05, 3.63) is 97.1 Å². The first-order valence-corrected chi connectivity index (χ1v) is 10.9. The van der Waals surface area contributed by atoms with Gasteiger partial charge < -0.3 is 10.1 Å². The minimum Gasteiger partial charge on any atom is -0.457 e. The minimum absolute atomic E-state index is 0.128. The molecule has 0 aliphatic heterocycles. The van der Waals surface area contributed by atoms with E-state index in [-0.39, 0.29) is 22.8 Å². The molecule has 172 valence electrons. The predicted molar refractivity (Wildman–Crippen MR) is 131 cm³/mol. The number of nitro groups is 1. The van der Waals surface area contributed by atoms with Gasteiger partial charge in [0, 0.05) is 27.7 Å². The summed E-state index contributed by atoms with van der Waals surface area (Å²) in [5.74, 6) is 0.0892. The van der Waals surface area contributed by atoms with E-state index in [0.717, 1.165) is 5.56 Å². The minimum atomic E-state index is -0.575. The maximum absolute atomic E-state index is 12.8. The number of nitro benzene ring substituents is 1. The van der Waals surface area contributed by atoms with Crippen LogP contribution in [0.3, 0.4) is 0 Å². The van der Waals surface area contributed by atoms with Gasteiger partial charge >= 0.3 is 0 Å². The summed E-state index contributed by atoms with van der Waals surface area (Å²) >= 11 is 18.1. The molecule has 1 aromatic heterocycles. The molecule has 0 fully saturated rings. The van der Waals surface area contributed by atoms with Gasteiger partial charge in [0.2, 0.25) is 0 Å². The number of H-pyrrole nitrogens is 1. The van der Waals surface area contributed by atoms with Crippen molar-refractivity contribution in [1.29, 1.82) is 0 Å². The molecule has 8 nitrogen and oxygen atoms in total. The van der Waals surface area contributed by atoms with Crippen molar-refractivity contribution in [3.8, 4) is 22.8 Å². The highest BCUT2D eigenvalue weighted by molar-refractivity contribution is 6.36. The number of carbonyl (C=O) groups excluding carboxylic acids is 1. The Kier molecular flexibility index (Phi) is 6.74. The van der Waals surface area contributed by atoms with Crippen LogP contribution >= 0.6 is 34.8 Å². The van der Waals surface area contributed by atoms with Gasteiger partial charge in [0.1, 0.15) is 17.2 Å². The number of anilines is 1. The molecule has 0 bridgehead atoms. The average molecular weight is 518 g/mol. The van der Waals surface area contributed by atoms with Gasteiger partial charge in [0.15, 0.2) is 0 Å². The Labute approximate surface area is 208 Å². The van der Waals surface area contributed by atoms with E-state index in [0.29, 0.717) is 32.1 Å². The summed E-state index contributed by atoms with van der Waals surface area (Å²) in [4.78, 5) is 23.6. The largest absolute Gasteiger partial charge is 0.457 e. The monoisotopic (exact) mass is 516 g/mol. The van der Waals surface area contributed by atoms with Gasteiger partial charge in [0.25, 0.3) is 11.6 Å². The number of nitrogens with zero attached hydrogens (tertiary/aromatic N) is 2. The lowest BCUT2D eigenvalue weighted by atomic mass is 10.1. The van der Waals surface area contributed by atoms with Crippen LogP contribution in [0, 0.1) is 17.0 Å². The number of hydrogen-bond donors (Lipinski definition) is 2. The zero-order valence-electron chi connectivity index (χ0n) is 17.4. The lowest BCUT2D eigenvalue weighted by Crippen LogP contribution is -2.12. The van der Waals surface area contributed by atoms with Crippen molar-refractivity contribution in [2.45, 2.75) is 6.92 Å². The first-order chi connectivity index (χ1) is 16.2. The number of non-ortho nitro benzene ring substituents is 1. The van der Waals surface area contributed by atoms with E-state index in [1.807, 2.05) is 0 Å². The van der Waals surface area contributed by atoms with Crippen LogP contribution in [0.2, 0.25) is 15.1 Å². The Balaban J connectivity index is 1.59. The summed E-state index contributed by atoms with van der Waals surface area (Å²) in [7, 11) is 0. The quantitative estimate of drug-likeness (QED) is 0.206. The zero-order chi connectivity index (χ0) is 24.4. The second-order valence-corrected chi connectivity index (χ2v) is 8.51. The number of benzene rings is 3. The molecule has 0 aliphatic rings. The molecule has 1 amide bonds. The summed E-state index contributed by atoms with van der Waals surface area (Å²) in [6.07, 6.45) is 0. The molecular formula is C23H15Cl3N4O4. The summed E-state index contributed by atoms with van der Waals surface area (Å²) in [5, 5.41) is 22.2. The van der Waals surface area contributed by atoms with Crippen molar-refractivity contribution in [2.24, 2.45) is 0 Å². The Hall–Kier alpha value is -3.59. The molecule has 0 saturated heterocycles. The van der Waals surface area contributed by atoms with Gasteiger partial charge in [-0.25, -0.2) is 0 Å². The van der Waals surface area contributed by atoms with E-state index >= 15 is 0 Å². The smallest absolute Gasteiger partial charge is 0.275 e. The maximum atomic E-state index is 12.8. The molecule has 0 aliphatic carbocycles. The lowest BCUT2D eigenvalue weighted by molar-refractivity contribution is -0.384.